The summed E-state index contributed by atoms with van der Waals surface area (Å²) in [6, 6.07) is 7.20. The van der Waals surface area contributed by atoms with E-state index in [2.05, 4.69) is 21.3 Å². The van der Waals surface area contributed by atoms with Gasteiger partial charge in [0.25, 0.3) is 5.91 Å². The van der Waals surface area contributed by atoms with Gasteiger partial charge >= 0.3 is 12.2 Å². The number of sulfone groups is 1. The number of alkyl halides is 3. The molecule has 10 nitrogen and oxygen atoms in total. The van der Waals surface area contributed by atoms with E-state index >= 15 is 0 Å². The number of benzene rings is 2. The number of thioether (sulfide) groups is 1. The van der Waals surface area contributed by atoms with Crippen LogP contribution in [0.15, 0.2) is 52.3 Å². The van der Waals surface area contributed by atoms with E-state index in [1.165, 1.54) is 23.9 Å². The number of anilines is 1. The lowest BCUT2D eigenvalue weighted by Gasteiger charge is -2.34. The molecule has 230 valence electrons. The number of carbonyl (C=O) groups excluding carboxylic acids is 3. The van der Waals surface area contributed by atoms with Crippen molar-refractivity contribution in [3.63, 3.8) is 0 Å². The number of nitrogens with one attached hydrogen (secondary N) is 4. The molecule has 1 saturated carbocycles. The predicted molar refractivity (Wildman–Crippen MR) is 152 cm³/mol. The fraction of sp³-hybridized carbons (Fsp3) is 0.444. The van der Waals surface area contributed by atoms with Crippen LogP contribution in [-0.4, -0.2) is 68.6 Å². The lowest BCUT2D eigenvalue weighted by atomic mass is 9.84. The average molecular weight is 631 g/mol. The molecule has 0 saturated heterocycles. The topological polar surface area (TPSA) is 154 Å². The minimum absolute atomic E-state index is 0.0967. The Hall–Kier alpha value is -3.30. The number of aliphatic hydroxyl groups excluding tert-OH is 1. The molecule has 2 aromatic carbocycles. The van der Waals surface area contributed by atoms with Crippen LogP contribution in [0.3, 0.4) is 0 Å². The number of amides is 4. The highest BCUT2D eigenvalue weighted by atomic mass is 32.2. The van der Waals surface area contributed by atoms with E-state index in [0.29, 0.717) is 25.0 Å². The molecule has 2 aromatic rings. The summed E-state index contributed by atoms with van der Waals surface area (Å²) < 4.78 is 66.0. The highest BCUT2D eigenvalue weighted by Crippen LogP contribution is 2.32. The molecular weight excluding hydrogens is 597 g/mol. The minimum Gasteiger partial charge on any atom is -0.393 e. The SMILES string of the molecule is CCNC(=O)Nc1ccc(C(F)(F)F)cc1C(=O)NCC(=O)N[C@H]1C[C@@H](O)CC[C@H]1CS(=O)(=O)c1ccc(SC)cc1. The Bertz CT molecular complexity index is 1390. The van der Waals surface area contributed by atoms with Gasteiger partial charge in [0, 0.05) is 17.5 Å². The first-order valence-electron chi connectivity index (χ1n) is 13.1. The van der Waals surface area contributed by atoms with Gasteiger partial charge in [-0.3, -0.25) is 9.59 Å². The van der Waals surface area contributed by atoms with Gasteiger partial charge in [-0.25, -0.2) is 13.2 Å². The van der Waals surface area contributed by atoms with Crippen molar-refractivity contribution in [2.75, 3.05) is 30.4 Å². The van der Waals surface area contributed by atoms with Crippen LogP contribution in [0, 0.1) is 5.92 Å². The monoisotopic (exact) mass is 630 g/mol. The smallest absolute Gasteiger partial charge is 0.393 e. The normalized spacial score (nSPS) is 19.0. The Morgan fingerprint density at radius 3 is 2.36 bits per heavy atom. The second-order valence-electron chi connectivity index (χ2n) is 9.78. The molecule has 1 fully saturated rings. The summed E-state index contributed by atoms with van der Waals surface area (Å²) in [6.45, 7) is 1.22. The van der Waals surface area contributed by atoms with Crippen molar-refractivity contribution in [1.29, 1.82) is 0 Å². The van der Waals surface area contributed by atoms with Gasteiger partial charge in [-0.2, -0.15) is 13.2 Å². The summed E-state index contributed by atoms with van der Waals surface area (Å²) in [7, 11) is -3.71. The highest BCUT2D eigenvalue weighted by Gasteiger charge is 2.35. The number of urea groups is 1. The van der Waals surface area contributed by atoms with Gasteiger partial charge in [0.05, 0.1) is 40.1 Å². The van der Waals surface area contributed by atoms with Crippen molar-refractivity contribution in [3.05, 3.63) is 53.6 Å². The summed E-state index contributed by atoms with van der Waals surface area (Å²) in [4.78, 5) is 38.6. The third kappa shape index (κ3) is 9.10. The van der Waals surface area contributed by atoms with Crippen molar-refractivity contribution < 1.29 is 41.1 Å². The first-order chi connectivity index (χ1) is 19.7. The largest absolute Gasteiger partial charge is 0.416 e. The molecule has 0 heterocycles. The molecule has 0 unspecified atom stereocenters. The second kappa shape index (κ2) is 14.2. The van der Waals surface area contributed by atoms with Gasteiger partial charge in [-0.05, 0) is 80.8 Å². The van der Waals surface area contributed by atoms with Crippen molar-refractivity contribution in [3.8, 4) is 0 Å². The molecule has 0 spiro atoms. The molecule has 3 rings (SSSR count). The Balaban J connectivity index is 1.70. The minimum atomic E-state index is -4.76. The first kappa shape index (κ1) is 33.2. The zero-order valence-corrected chi connectivity index (χ0v) is 24.6. The zero-order valence-electron chi connectivity index (χ0n) is 23.0. The summed E-state index contributed by atoms with van der Waals surface area (Å²) in [5.74, 6) is -2.55. The standard InChI is InChI=1S/C27H33F3N4O6S2/c1-3-31-26(38)34-22-11-5-17(27(28,29)30)12-21(22)25(37)32-14-24(36)33-23-13-18(35)6-4-16(23)15-42(39,40)20-9-7-19(41-2)8-10-20/h5,7-12,16,18,23,35H,3-4,6,13-15H2,1-2H3,(H,32,37)(H,33,36)(H2,31,34,38)/t16-,18-,23-/m0/s1. The van der Waals surface area contributed by atoms with Crippen molar-refractivity contribution in [1.82, 2.24) is 16.0 Å². The Morgan fingerprint density at radius 1 is 1.05 bits per heavy atom. The van der Waals surface area contributed by atoms with Crippen LogP contribution in [0.1, 0.15) is 42.1 Å². The molecule has 4 amide bonds. The third-order valence-electron chi connectivity index (χ3n) is 6.75. The Labute approximate surface area is 246 Å². The lowest BCUT2D eigenvalue weighted by molar-refractivity contribution is -0.137. The van der Waals surface area contributed by atoms with Crippen LogP contribution in [0.2, 0.25) is 0 Å². The van der Waals surface area contributed by atoms with Gasteiger partial charge in [-0.15, -0.1) is 11.8 Å². The van der Waals surface area contributed by atoms with Gasteiger partial charge in [0.1, 0.15) is 0 Å². The Morgan fingerprint density at radius 2 is 1.74 bits per heavy atom. The van der Waals surface area contributed by atoms with Crippen molar-refractivity contribution in [2.45, 2.75) is 54.3 Å². The quantitative estimate of drug-likeness (QED) is 0.252. The van der Waals surface area contributed by atoms with Gasteiger partial charge in [-0.1, -0.05) is 0 Å². The molecule has 1 aliphatic rings. The van der Waals surface area contributed by atoms with Crippen LogP contribution in [0.4, 0.5) is 23.7 Å². The van der Waals surface area contributed by atoms with Gasteiger partial charge in [0.15, 0.2) is 9.84 Å². The summed E-state index contributed by atoms with van der Waals surface area (Å²) in [6.07, 6.45) is -2.87. The number of hydrogen-bond donors (Lipinski definition) is 5. The van der Waals surface area contributed by atoms with E-state index in [9.17, 15) is 41.1 Å². The van der Waals surface area contributed by atoms with Crippen LogP contribution in [0.25, 0.3) is 0 Å². The fourth-order valence-corrected chi connectivity index (χ4v) is 6.72. The molecule has 3 atom stereocenters. The molecule has 0 aromatic heterocycles. The van der Waals surface area contributed by atoms with E-state index < -0.39 is 69.6 Å². The van der Waals surface area contributed by atoms with Gasteiger partial charge < -0.3 is 26.4 Å². The molecule has 15 heteroatoms. The molecule has 0 bridgehead atoms. The summed E-state index contributed by atoms with van der Waals surface area (Å²) in [5, 5.41) is 19.8. The number of carbonyl (C=O) groups is 3. The number of rotatable bonds is 10. The molecular formula is C27H33F3N4O6S2. The first-order valence-corrected chi connectivity index (χ1v) is 16.0. The van der Waals surface area contributed by atoms with Crippen LogP contribution >= 0.6 is 11.8 Å². The molecule has 0 radical (unpaired) electrons. The molecule has 42 heavy (non-hydrogen) atoms. The van der Waals surface area contributed by atoms with E-state index in [4.69, 9.17) is 0 Å². The maximum absolute atomic E-state index is 13.3. The highest BCUT2D eigenvalue weighted by molar-refractivity contribution is 7.98. The molecule has 5 N–H and O–H groups in total. The summed E-state index contributed by atoms with van der Waals surface area (Å²) >= 11 is 1.47. The van der Waals surface area contributed by atoms with Gasteiger partial charge in [0.2, 0.25) is 5.91 Å². The van der Waals surface area contributed by atoms with Crippen molar-refractivity contribution in [2.24, 2.45) is 5.92 Å². The van der Waals surface area contributed by atoms with Crippen LogP contribution in [-0.2, 0) is 20.8 Å². The lowest BCUT2D eigenvalue weighted by Crippen LogP contribution is -2.50. The Kier molecular flexibility index (Phi) is 11.3. The molecule has 1 aliphatic carbocycles. The number of hydrogen-bond acceptors (Lipinski definition) is 7. The average Bonchev–Trinajstić information content (AvgIpc) is 2.93. The van der Waals surface area contributed by atoms with Crippen LogP contribution < -0.4 is 21.3 Å². The maximum Gasteiger partial charge on any atom is 0.416 e. The van der Waals surface area contributed by atoms with E-state index in [-0.39, 0.29) is 29.3 Å². The second-order valence-corrected chi connectivity index (χ2v) is 12.7. The van der Waals surface area contributed by atoms with Crippen molar-refractivity contribution >= 4 is 45.1 Å². The molecule has 0 aliphatic heterocycles. The third-order valence-corrected chi connectivity index (χ3v) is 9.35. The fourth-order valence-electron chi connectivity index (χ4n) is 4.61. The predicted octanol–water partition coefficient (Wildman–Crippen LogP) is 3.42. The number of aliphatic hydroxyl groups is 1. The van der Waals surface area contributed by atoms with E-state index in [0.717, 1.165) is 11.0 Å². The number of halogens is 3. The van der Waals surface area contributed by atoms with E-state index in [1.54, 1.807) is 19.1 Å². The van der Waals surface area contributed by atoms with Crippen LogP contribution in [0.5, 0.6) is 0 Å². The summed E-state index contributed by atoms with van der Waals surface area (Å²) in [5.41, 5.74) is -1.83. The van der Waals surface area contributed by atoms with E-state index in [1.807, 2.05) is 6.26 Å². The maximum atomic E-state index is 13.3. The zero-order chi connectivity index (χ0) is 31.1.